The van der Waals surface area contributed by atoms with Gasteiger partial charge in [0.2, 0.25) is 5.91 Å². The van der Waals surface area contributed by atoms with Gasteiger partial charge in [-0.2, -0.15) is 5.26 Å². The van der Waals surface area contributed by atoms with Crippen LogP contribution < -0.4 is 5.32 Å². The summed E-state index contributed by atoms with van der Waals surface area (Å²) in [4.78, 5) is 14.2. The predicted octanol–water partition coefficient (Wildman–Crippen LogP) is 1.73. The first-order valence-corrected chi connectivity index (χ1v) is 7.39. The van der Waals surface area contributed by atoms with Gasteiger partial charge in [0.05, 0.1) is 18.2 Å². The van der Waals surface area contributed by atoms with E-state index >= 15 is 0 Å². The molecule has 1 aromatic rings. The molecule has 0 aromatic heterocycles. The van der Waals surface area contributed by atoms with Gasteiger partial charge in [-0.15, -0.1) is 0 Å². The van der Waals surface area contributed by atoms with E-state index in [4.69, 9.17) is 10.4 Å². The molecule has 0 aliphatic carbocycles. The highest BCUT2D eigenvalue weighted by molar-refractivity contribution is 5.81. The summed E-state index contributed by atoms with van der Waals surface area (Å²) < 4.78 is 0. The largest absolute Gasteiger partial charge is 0.396 e. The maximum atomic E-state index is 12.3. The Balaban J connectivity index is 1.89. The predicted molar refractivity (Wildman–Crippen MR) is 80.7 cm³/mol. The molecule has 112 valence electrons. The number of carbonyl (C=O) groups is 1. The van der Waals surface area contributed by atoms with E-state index in [2.05, 4.69) is 11.4 Å². The molecule has 1 amide bonds. The van der Waals surface area contributed by atoms with E-state index in [9.17, 15) is 4.79 Å². The first-order chi connectivity index (χ1) is 10.2. The Labute approximate surface area is 125 Å². The van der Waals surface area contributed by atoms with Crippen LogP contribution in [0.25, 0.3) is 0 Å². The third kappa shape index (κ3) is 4.20. The van der Waals surface area contributed by atoms with E-state index in [1.807, 2.05) is 4.90 Å². The molecule has 5 heteroatoms. The zero-order chi connectivity index (χ0) is 15.1. The van der Waals surface area contributed by atoms with E-state index in [1.54, 1.807) is 24.3 Å². The van der Waals surface area contributed by atoms with E-state index < -0.39 is 0 Å². The number of rotatable bonds is 5. The summed E-state index contributed by atoms with van der Waals surface area (Å²) in [5.41, 5.74) is 1.43. The number of piperidine rings is 1. The van der Waals surface area contributed by atoms with Gasteiger partial charge in [0.25, 0.3) is 0 Å². The van der Waals surface area contributed by atoms with Crippen molar-refractivity contribution in [3.8, 4) is 6.07 Å². The second kappa shape index (κ2) is 7.65. The number of likely N-dealkylation sites (tertiary alicyclic amines) is 1. The zero-order valence-electron chi connectivity index (χ0n) is 12.1. The second-order valence-corrected chi connectivity index (χ2v) is 5.29. The van der Waals surface area contributed by atoms with Gasteiger partial charge in [-0.3, -0.25) is 4.79 Å². The Hall–Kier alpha value is -2.06. The summed E-state index contributed by atoms with van der Waals surface area (Å²) in [5, 5.41) is 20.9. The Bertz CT molecular complexity index is 505. The standard InChI is InChI=1S/C16H21N3O2/c17-11-13-4-6-14(7-5-13)18-12-16(21)19-9-2-1-3-15(19)8-10-20/h4-7,15,18,20H,1-3,8-10,12H2. The van der Waals surface area contributed by atoms with Gasteiger partial charge in [-0.25, -0.2) is 0 Å². The molecule has 1 fully saturated rings. The lowest BCUT2D eigenvalue weighted by atomic mass is 9.99. The van der Waals surface area contributed by atoms with Crippen LogP contribution in [0.15, 0.2) is 24.3 Å². The molecule has 1 aliphatic rings. The molecule has 2 N–H and O–H groups in total. The van der Waals surface area contributed by atoms with Gasteiger partial charge in [0.15, 0.2) is 0 Å². The Morgan fingerprint density at radius 1 is 1.38 bits per heavy atom. The minimum Gasteiger partial charge on any atom is -0.396 e. The van der Waals surface area contributed by atoms with Crippen molar-refractivity contribution in [3.05, 3.63) is 29.8 Å². The SMILES string of the molecule is N#Cc1ccc(NCC(=O)N2CCCCC2CCO)cc1. The van der Waals surface area contributed by atoms with Crippen LogP contribution in [0.1, 0.15) is 31.2 Å². The summed E-state index contributed by atoms with van der Waals surface area (Å²) in [6.45, 7) is 1.14. The van der Waals surface area contributed by atoms with Gasteiger partial charge < -0.3 is 15.3 Å². The first-order valence-electron chi connectivity index (χ1n) is 7.39. The number of amides is 1. The normalized spacial score (nSPS) is 18.1. The van der Waals surface area contributed by atoms with Crippen LogP contribution in [0.5, 0.6) is 0 Å². The average molecular weight is 287 g/mol. The van der Waals surface area contributed by atoms with Gasteiger partial charge in [0, 0.05) is 24.9 Å². The summed E-state index contributed by atoms with van der Waals surface area (Å²) in [6, 6.07) is 9.28. The van der Waals surface area contributed by atoms with Crippen LogP contribution >= 0.6 is 0 Å². The lowest BCUT2D eigenvalue weighted by molar-refractivity contribution is -0.133. The molecular formula is C16H21N3O2. The highest BCUT2D eigenvalue weighted by atomic mass is 16.3. The molecule has 0 bridgehead atoms. The molecule has 1 atom stereocenters. The van der Waals surface area contributed by atoms with Crippen molar-refractivity contribution in [1.29, 1.82) is 5.26 Å². The molecule has 0 saturated carbocycles. The van der Waals surface area contributed by atoms with Crippen LogP contribution in [0.4, 0.5) is 5.69 Å². The van der Waals surface area contributed by atoms with E-state index in [-0.39, 0.29) is 25.1 Å². The molecule has 1 heterocycles. The van der Waals surface area contributed by atoms with Crippen molar-refractivity contribution >= 4 is 11.6 Å². The van der Waals surface area contributed by atoms with Crippen LogP contribution in [-0.2, 0) is 4.79 Å². The topological polar surface area (TPSA) is 76.4 Å². The van der Waals surface area contributed by atoms with Crippen molar-refractivity contribution in [2.45, 2.75) is 31.7 Å². The molecule has 0 spiro atoms. The van der Waals surface area contributed by atoms with Crippen LogP contribution in [0, 0.1) is 11.3 Å². The Kier molecular flexibility index (Phi) is 5.59. The average Bonchev–Trinajstić information content (AvgIpc) is 2.54. The fourth-order valence-corrected chi connectivity index (χ4v) is 2.72. The number of nitrogens with zero attached hydrogens (tertiary/aromatic N) is 2. The Morgan fingerprint density at radius 3 is 2.81 bits per heavy atom. The van der Waals surface area contributed by atoms with Gasteiger partial charge >= 0.3 is 0 Å². The number of hydrogen-bond acceptors (Lipinski definition) is 4. The van der Waals surface area contributed by atoms with E-state index in [0.717, 1.165) is 31.5 Å². The number of nitrogens with one attached hydrogen (secondary N) is 1. The quantitative estimate of drug-likeness (QED) is 0.864. The molecule has 2 rings (SSSR count). The van der Waals surface area contributed by atoms with Gasteiger partial charge in [0.1, 0.15) is 0 Å². The summed E-state index contributed by atoms with van der Waals surface area (Å²) in [6.07, 6.45) is 3.79. The first kappa shape index (κ1) is 15.3. The van der Waals surface area contributed by atoms with Crippen LogP contribution in [0.3, 0.4) is 0 Å². The maximum Gasteiger partial charge on any atom is 0.242 e. The number of aliphatic hydroxyl groups is 1. The smallest absolute Gasteiger partial charge is 0.242 e. The molecule has 21 heavy (non-hydrogen) atoms. The highest BCUT2D eigenvalue weighted by Crippen LogP contribution is 2.19. The molecule has 1 aliphatic heterocycles. The number of benzene rings is 1. The maximum absolute atomic E-state index is 12.3. The van der Waals surface area contributed by atoms with Crippen molar-refractivity contribution in [2.24, 2.45) is 0 Å². The van der Waals surface area contributed by atoms with Crippen molar-refractivity contribution in [3.63, 3.8) is 0 Å². The van der Waals surface area contributed by atoms with Crippen molar-refractivity contribution < 1.29 is 9.90 Å². The molecule has 0 radical (unpaired) electrons. The molecule has 1 saturated heterocycles. The lowest BCUT2D eigenvalue weighted by Gasteiger charge is -2.35. The van der Waals surface area contributed by atoms with E-state index in [0.29, 0.717) is 12.0 Å². The third-order valence-corrected chi connectivity index (χ3v) is 3.87. The number of hydrogen-bond donors (Lipinski definition) is 2. The Morgan fingerprint density at radius 2 is 2.14 bits per heavy atom. The summed E-state index contributed by atoms with van der Waals surface area (Å²) in [5.74, 6) is 0.0671. The lowest BCUT2D eigenvalue weighted by Crippen LogP contribution is -2.46. The summed E-state index contributed by atoms with van der Waals surface area (Å²) in [7, 11) is 0. The summed E-state index contributed by atoms with van der Waals surface area (Å²) >= 11 is 0. The fraction of sp³-hybridized carbons (Fsp3) is 0.500. The van der Waals surface area contributed by atoms with Crippen molar-refractivity contribution in [1.82, 2.24) is 4.90 Å². The number of carbonyl (C=O) groups excluding carboxylic acids is 1. The number of nitriles is 1. The van der Waals surface area contributed by atoms with Gasteiger partial charge in [-0.1, -0.05) is 0 Å². The molecule has 1 unspecified atom stereocenters. The molecular weight excluding hydrogens is 266 g/mol. The second-order valence-electron chi connectivity index (χ2n) is 5.29. The number of anilines is 1. The minimum absolute atomic E-state index is 0.0671. The molecule has 5 nitrogen and oxygen atoms in total. The fourth-order valence-electron chi connectivity index (χ4n) is 2.72. The third-order valence-electron chi connectivity index (χ3n) is 3.87. The van der Waals surface area contributed by atoms with Crippen molar-refractivity contribution in [2.75, 3.05) is 25.0 Å². The number of aliphatic hydroxyl groups excluding tert-OH is 1. The van der Waals surface area contributed by atoms with Crippen LogP contribution in [-0.4, -0.2) is 41.7 Å². The van der Waals surface area contributed by atoms with Gasteiger partial charge in [-0.05, 0) is 49.9 Å². The zero-order valence-corrected chi connectivity index (χ0v) is 12.1. The van der Waals surface area contributed by atoms with Crippen LogP contribution in [0.2, 0.25) is 0 Å². The highest BCUT2D eigenvalue weighted by Gasteiger charge is 2.25. The molecule has 1 aromatic carbocycles. The van der Waals surface area contributed by atoms with E-state index in [1.165, 1.54) is 0 Å². The minimum atomic E-state index is 0.0671. The monoisotopic (exact) mass is 287 g/mol.